The number of nitrogens with two attached hydrogens (primary N) is 1. The number of pyridine rings is 1. The number of amides is 1. The Balaban J connectivity index is 2.09. The van der Waals surface area contributed by atoms with Crippen LogP contribution >= 0.6 is 27.3 Å². The summed E-state index contributed by atoms with van der Waals surface area (Å²) in [6, 6.07) is 3.24. The number of hydrazine groups is 1. The zero-order chi connectivity index (χ0) is 12.3. The predicted molar refractivity (Wildman–Crippen MR) is 69.8 cm³/mol. The van der Waals surface area contributed by atoms with Crippen LogP contribution in [0.5, 0.6) is 0 Å². The van der Waals surface area contributed by atoms with Gasteiger partial charge in [0.25, 0.3) is 5.91 Å². The number of carbonyl (C=O) groups is 1. The van der Waals surface area contributed by atoms with Crippen molar-refractivity contribution in [2.75, 3.05) is 10.7 Å². The lowest BCUT2D eigenvalue weighted by Crippen LogP contribution is -2.13. The average molecular weight is 314 g/mol. The number of anilines is 2. The number of thiazole rings is 1. The van der Waals surface area contributed by atoms with Crippen molar-refractivity contribution in [3.8, 4) is 0 Å². The van der Waals surface area contributed by atoms with Gasteiger partial charge in [-0.15, -0.1) is 0 Å². The van der Waals surface area contributed by atoms with E-state index in [1.807, 2.05) is 0 Å². The maximum absolute atomic E-state index is 11.8. The van der Waals surface area contributed by atoms with Crippen LogP contribution in [0.3, 0.4) is 0 Å². The lowest BCUT2D eigenvalue weighted by Gasteiger charge is -2.02. The first kappa shape index (κ1) is 12.0. The van der Waals surface area contributed by atoms with Crippen molar-refractivity contribution in [2.45, 2.75) is 0 Å². The zero-order valence-corrected chi connectivity index (χ0v) is 10.9. The Morgan fingerprint density at radius 3 is 2.71 bits per heavy atom. The first-order valence-corrected chi connectivity index (χ1v) is 6.15. The summed E-state index contributed by atoms with van der Waals surface area (Å²) >= 11 is 4.61. The van der Waals surface area contributed by atoms with Crippen molar-refractivity contribution in [1.82, 2.24) is 9.97 Å². The first-order valence-electron chi connectivity index (χ1n) is 4.54. The van der Waals surface area contributed by atoms with E-state index >= 15 is 0 Å². The summed E-state index contributed by atoms with van der Waals surface area (Å²) in [6.07, 6.45) is 3.06. The second kappa shape index (κ2) is 5.21. The number of rotatable bonds is 3. The molecule has 0 spiro atoms. The lowest BCUT2D eigenvalue weighted by molar-refractivity contribution is 0.102. The highest BCUT2D eigenvalue weighted by molar-refractivity contribution is 9.11. The molecular formula is C9H8BrN5OS. The molecule has 0 bridgehead atoms. The molecule has 0 saturated heterocycles. The summed E-state index contributed by atoms with van der Waals surface area (Å²) in [6.45, 7) is 0. The van der Waals surface area contributed by atoms with Gasteiger partial charge in [-0.3, -0.25) is 10.1 Å². The van der Waals surface area contributed by atoms with Gasteiger partial charge in [0, 0.05) is 6.20 Å². The molecule has 0 aromatic carbocycles. The number of hydrogen-bond acceptors (Lipinski definition) is 6. The maximum atomic E-state index is 11.8. The molecule has 0 atom stereocenters. The van der Waals surface area contributed by atoms with Gasteiger partial charge in [0.15, 0.2) is 5.13 Å². The quantitative estimate of drug-likeness (QED) is 0.594. The van der Waals surface area contributed by atoms with Crippen LogP contribution in [-0.4, -0.2) is 15.9 Å². The van der Waals surface area contributed by atoms with E-state index in [-0.39, 0.29) is 5.91 Å². The van der Waals surface area contributed by atoms with Crippen molar-refractivity contribution in [1.29, 1.82) is 0 Å². The monoisotopic (exact) mass is 313 g/mol. The molecule has 1 amide bonds. The van der Waals surface area contributed by atoms with Gasteiger partial charge in [-0.05, 0) is 28.1 Å². The van der Waals surface area contributed by atoms with Crippen molar-refractivity contribution in [3.63, 3.8) is 0 Å². The number of carbonyl (C=O) groups excluding carboxylic acids is 1. The van der Waals surface area contributed by atoms with Crippen molar-refractivity contribution in [2.24, 2.45) is 5.84 Å². The summed E-state index contributed by atoms with van der Waals surface area (Å²) in [5, 5.41) is 3.19. The van der Waals surface area contributed by atoms with Crippen molar-refractivity contribution >= 4 is 44.1 Å². The molecule has 2 heterocycles. The molecule has 0 aliphatic carbocycles. The van der Waals surface area contributed by atoms with Gasteiger partial charge in [-0.2, -0.15) is 0 Å². The molecule has 2 aromatic rings. The molecule has 0 radical (unpaired) electrons. The third-order valence-electron chi connectivity index (χ3n) is 1.87. The van der Waals surface area contributed by atoms with E-state index < -0.39 is 0 Å². The molecule has 0 aliphatic heterocycles. The number of nitrogens with zero attached hydrogens (tertiary/aromatic N) is 2. The van der Waals surface area contributed by atoms with Crippen LogP contribution in [0, 0.1) is 0 Å². The summed E-state index contributed by atoms with van der Waals surface area (Å²) in [7, 11) is 0. The van der Waals surface area contributed by atoms with E-state index in [1.54, 1.807) is 18.3 Å². The molecular weight excluding hydrogens is 306 g/mol. The van der Waals surface area contributed by atoms with E-state index in [4.69, 9.17) is 5.84 Å². The summed E-state index contributed by atoms with van der Waals surface area (Å²) in [5.74, 6) is 5.41. The maximum Gasteiger partial charge on any atom is 0.259 e. The number of halogens is 1. The van der Waals surface area contributed by atoms with Crippen molar-refractivity contribution < 1.29 is 4.79 Å². The minimum Gasteiger partial charge on any atom is -0.308 e. The third kappa shape index (κ3) is 2.99. The topological polar surface area (TPSA) is 92.9 Å². The highest BCUT2D eigenvalue weighted by Crippen LogP contribution is 2.23. The fourth-order valence-corrected chi connectivity index (χ4v) is 2.20. The number of aromatic nitrogens is 2. The number of hydrogen-bond donors (Lipinski definition) is 3. The smallest absolute Gasteiger partial charge is 0.259 e. The molecule has 6 nitrogen and oxygen atoms in total. The molecule has 0 unspecified atom stereocenters. The zero-order valence-electron chi connectivity index (χ0n) is 8.48. The van der Waals surface area contributed by atoms with E-state index in [1.165, 1.54) is 17.5 Å². The van der Waals surface area contributed by atoms with Gasteiger partial charge in [-0.1, -0.05) is 11.3 Å². The van der Waals surface area contributed by atoms with Gasteiger partial charge >= 0.3 is 0 Å². The molecule has 2 aromatic heterocycles. The first-order chi connectivity index (χ1) is 8.19. The van der Waals surface area contributed by atoms with Crippen LogP contribution in [0.4, 0.5) is 10.9 Å². The Labute approximate surface area is 109 Å². The molecule has 4 N–H and O–H groups in total. The molecule has 0 aliphatic rings. The fraction of sp³-hybridized carbons (Fsp3) is 0. The minimum absolute atomic E-state index is 0.261. The Hall–Kier alpha value is -1.51. The van der Waals surface area contributed by atoms with E-state index in [9.17, 15) is 4.79 Å². The highest BCUT2D eigenvalue weighted by Gasteiger charge is 2.08. The molecule has 17 heavy (non-hydrogen) atoms. The largest absolute Gasteiger partial charge is 0.308 e. The molecule has 2 rings (SSSR count). The highest BCUT2D eigenvalue weighted by atomic mass is 79.9. The number of nitrogens with one attached hydrogen (secondary N) is 2. The summed E-state index contributed by atoms with van der Waals surface area (Å²) in [5.41, 5.74) is 2.83. The molecule has 0 saturated carbocycles. The third-order valence-corrected chi connectivity index (χ3v) is 3.26. The van der Waals surface area contributed by atoms with Gasteiger partial charge < -0.3 is 5.43 Å². The van der Waals surface area contributed by atoms with Crippen LogP contribution < -0.4 is 16.6 Å². The average Bonchev–Trinajstić information content (AvgIpc) is 2.75. The minimum atomic E-state index is -0.261. The second-order valence-electron chi connectivity index (χ2n) is 3.00. The van der Waals surface area contributed by atoms with Crippen LogP contribution in [0.15, 0.2) is 28.3 Å². The van der Waals surface area contributed by atoms with E-state index in [0.29, 0.717) is 16.5 Å². The second-order valence-corrected chi connectivity index (χ2v) is 5.41. The summed E-state index contributed by atoms with van der Waals surface area (Å²) in [4.78, 5) is 19.7. The van der Waals surface area contributed by atoms with E-state index in [2.05, 4.69) is 36.6 Å². The SMILES string of the molecule is NNc1ccc(C(=O)Nc2ncc(Br)s2)cn1. The number of nitrogen functional groups attached to an aromatic ring is 1. The predicted octanol–water partition coefficient (Wildman–Crippen LogP) is 1.84. The lowest BCUT2D eigenvalue weighted by atomic mass is 10.2. The van der Waals surface area contributed by atoms with Gasteiger partial charge in [0.1, 0.15) is 5.82 Å². The molecule has 0 fully saturated rings. The van der Waals surface area contributed by atoms with Gasteiger partial charge in [0.05, 0.1) is 15.5 Å². The van der Waals surface area contributed by atoms with Crippen LogP contribution in [0.1, 0.15) is 10.4 Å². The Morgan fingerprint density at radius 1 is 1.35 bits per heavy atom. The molecule has 8 heteroatoms. The van der Waals surface area contributed by atoms with Gasteiger partial charge in [-0.25, -0.2) is 15.8 Å². The van der Waals surface area contributed by atoms with Crippen molar-refractivity contribution in [3.05, 3.63) is 33.9 Å². The summed E-state index contributed by atoms with van der Waals surface area (Å²) < 4.78 is 0.855. The Morgan fingerprint density at radius 2 is 2.18 bits per heavy atom. The van der Waals surface area contributed by atoms with E-state index in [0.717, 1.165) is 3.79 Å². The van der Waals surface area contributed by atoms with Crippen LogP contribution in [-0.2, 0) is 0 Å². The van der Waals surface area contributed by atoms with Crippen LogP contribution in [0.25, 0.3) is 0 Å². The molecule has 88 valence electrons. The van der Waals surface area contributed by atoms with Gasteiger partial charge in [0.2, 0.25) is 0 Å². The normalized spacial score (nSPS) is 10.0. The Kier molecular flexibility index (Phi) is 3.67. The Bertz CT molecular complexity index is 526. The fourth-order valence-electron chi connectivity index (χ4n) is 1.10. The standard InChI is InChI=1S/C9H8BrN5OS/c10-6-4-13-9(17-6)14-8(16)5-1-2-7(15-11)12-3-5/h1-4H,11H2,(H,12,15)(H,13,14,16). The van der Waals surface area contributed by atoms with Crippen LogP contribution in [0.2, 0.25) is 0 Å².